The van der Waals surface area contributed by atoms with Gasteiger partial charge in [-0.2, -0.15) is 0 Å². The van der Waals surface area contributed by atoms with Gasteiger partial charge in [0.05, 0.1) is 23.4 Å². The molecule has 8 heteroatoms. The molecule has 3 amide bonds. The summed E-state index contributed by atoms with van der Waals surface area (Å²) < 4.78 is 6.16. The van der Waals surface area contributed by atoms with Gasteiger partial charge in [0.15, 0.2) is 5.13 Å². The second-order valence-electron chi connectivity index (χ2n) is 5.10. The van der Waals surface area contributed by atoms with Gasteiger partial charge < -0.3 is 15.0 Å². The molecule has 1 aliphatic rings. The first-order chi connectivity index (χ1) is 10.6. The summed E-state index contributed by atoms with van der Waals surface area (Å²) in [6.45, 7) is 0.528. The third-order valence-corrected chi connectivity index (χ3v) is 4.50. The summed E-state index contributed by atoms with van der Waals surface area (Å²) in [5.74, 6) is 0.765. The van der Waals surface area contributed by atoms with Crippen LogP contribution in [0.25, 0.3) is 10.2 Å². The van der Waals surface area contributed by atoms with Crippen LogP contribution in [-0.2, 0) is 4.79 Å². The van der Waals surface area contributed by atoms with Gasteiger partial charge in [0.2, 0.25) is 5.91 Å². The Balaban J connectivity index is 1.68. The van der Waals surface area contributed by atoms with Crippen molar-refractivity contribution in [3.63, 3.8) is 0 Å². The summed E-state index contributed by atoms with van der Waals surface area (Å²) >= 11 is 1.35. The smallest absolute Gasteiger partial charge is 0.321 e. The van der Waals surface area contributed by atoms with Crippen molar-refractivity contribution in [3.8, 4) is 5.75 Å². The van der Waals surface area contributed by atoms with Gasteiger partial charge in [0.1, 0.15) is 5.75 Å². The van der Waals surface area contributed by atoms with E-state index in [1.165, 1.54) is 11.3 Å². The quantitative estimate of drug-likeness (QED) is 0.901. The number of carbonyl (C=O) groups excluding carboxylic acids is 2. The zero-order chi connectivity index (χ0) is 15.7. The molecule has 1 atom stereocenters. The maximum atomic E-state index is 12.0. The Morgan fingerprint density at radius 2 is 2.32 bits per heavy atom. The topological polar surface area (TPSA) is 83.6 Å². The van der Waals surface area contributed by atoms with Crippen molar-refractivity contribution < 1.29 is 14.3 Å². The van der Waals surface area contributed by atoms with Gasteiger partial charge in [0, 0.05) is 20.0 Å². The summed E-state index contributed by atoms with van der Waals surface area (Å²) in [6, 6.07) is 5.05. The van der Waals surface area contributed by atoms with Crippen LogP contribution in [0.5, 0.6) is 5.75 Å². The van der Waals surface area contributed by atoms with Crippen molar-refractivity contribution in [3.05, 3.63) is 18.2 Å². The molecule has 116 valence electrons. The van der Waals surface area contributed by atoms with Crippen LogP contribution in [-0.4, -0.2) is 48.6 Å². The molecule has 0 bridgehead atoms. The molecule has 1 unspecified atom stereocenters. The van der Waals surface area contributed by atoms with Crippen molar-refractivity contribution in [2.24, 2.45) is 0 Å². The molecule has 2 heterocycles. The highest BCUT2D eigenvalue weighted by molar-refractivity contribution is 7.22. The van der Waals surface area contributed by atoms with Crippen molar-refractivity contribution in [2.45, 2.75) is 12.5 Å². The summed E-state index contributed by atoms with van der Waals surface area (Å²) in [5, 5.41) is 5.99. The highest BCUT2D eigenvalue weighted by atomic mass is 32.1. The normalized spacial score (nSPS) is 17.8. The number of aromatic nitrogens is 1. The standard InChI is InChI=1S/C14H16N4O3S/c1-18-7-8(6-11(18)19)15-13(20)17-14-16-9-4-3-5-10(21-2)12(9)22-14/h3-5,8H,6-7H2,1-2H3,(H2,15,16,17,20). The number of benzene rings is 1. The molecule has 1 aromatic carbocycles. The van der Waals surface area contributed by atoms with Crippen LogP contribution in [0.4, 0.5) is 9.93 Å². The Morgan fingerprint density at radius 3 is 3.00 bits per heavy atom. The molecular weight excluding hydrogens is 304 g/mol. The number of urea groups is 1. The Kier molecular flexibility index (Phi) is 3.84. The summed E-state index contributed by atoms with van der Waals surface area (Å²) in [4.78, 5) is 29.4. The molecule has 2 N–H and O–H groups in total. The number of methoxy groups -OCH3 is 1. The van der Waals surface area contributed by atoms with Crippen LogP contribution in [0, 0.1) is 0 Å². The van der Waals surface area contributed by atoms with Crippen molar-refractivity contribution in [2.75, 3.05) is 26.0 Å². The average Bonchev–Trinajstić information content (AvgIpc) is 3.01. The zero-order valence-corrected chi connectivity index (χ0v) is 13.1. The Labute approximate surface area is 131 Å². The lowest BCUT2D eigenvalue weighted by molar-refractivity contribution is -0.126. The lowest BCUT2D eigenvalue weighted by Gasteiger charge is -2.12. The Bertz CT molecular complexity index is 730. The summed E-state index contributed by atoms with van der Waals surface area (Å²) in [6.07, 6.45) is 0.331. The van der Waals surface area contributed by atoms with Crippen LogP contribution < -0.4 is 15.4 Å². The lowest BCUT2D eigenvalue weighted by Crippen LogP contribution is -2.39. The number of hydrogen-bond donors (Lipinski definition) is 2. The average molecular weight is 320 g/mol. The number of carbonyl (C=O) groups is 2. The number of ether oxygens (including phenoxy) is 1. The van der Waals surface area contributed by atoms with Crippen LogP contribution in [0.1, 0.15) is 6.42 Å². The maximum absolute atomic E-state index is 12.0. The molecule has 2 aromatic rings. The number of nitrogens with zero attached hydrogens (tertiary/aromatic N) is 2. The molecule has 22 heavy (non-hydrogen) atoms. The van der Waals surface area contributed by atoms with Crippen LogP contribution in [0.2, 0.25) is 0 Å². The van der Waals surface area contributed by atoms with Gasteiger partial charge in [0.25, 0.3) is 0 Å². The van der Waals surface area contributed by atoms with E-state index in [2.05, 4.69) is 15.6 Å². The monoisotopic (exact) mass is 320 g/mol. The molecule has 0 saturated carbocycles. The fraction of sp³-hybridized carbons (Fsp3) is 0.357. The van der Waals surface area contributed by atoms with E-state index in [0.717, 1.165) is 16.0 Å². The first-order valence-corrected chi connectivity index (χ1v) is 7.63. The highest BCUT2D eigenvalue weighted by Crippen LogP contribution is 2.33. The number of fused-ring (bicyclic) bond motifs is 1. The molecule has 7 nitrogen and oxygen atoms in total. The number of hydrogen-bond acceptors (Lipinski definition) is 5. The molecule has 1 saturated heterocycles. The van der Waals surface area contributed by atoms with E-state index in [1.54, 1.807) is 19.1 Å². The molecule has 3 rings (SSSR count). The van der Waals surface area contributed by atoms with Crippen molar-refractivity contribution in [1.29, 1.82) is 0 Å². The number of nitrogens with one attached hydrogen (secondary N) is 2. The van der Waals surface area contributed by atoms with E-state index in [1.807, 2.05) is 18.2 Å². The van der Waals surface area contributed by atoms with Crippen LogP contribution >= 0.6 is 11.3 Å². The van der Waals surface area contributed by atoms with E-state index in [4.69, 9.17) is 4.74 Å². The number of likely N-dealkylation sites (N-methyl/N-ethyl adjacent to an activating group) is 1. The Morgan fingerprint density at radius 1 is 1.50 bits per heavy atom. The molecule has 1 aliphatic heterocycles. The van der Waals surface area contributed by atoms with Crippen LogP contribution in [0.3, 0.4) is 0 Å². The third-order valence-electron chi connectivity index (χ3n) is 3.50. The van der Waals surface area contributed by atoms with Gasteiger partial charge in [-0.15, -0.1) is 0 Å². The SMILES string of the molecule is COc1cccc2nc(NC(=O)NC3CC(=O)N(C)C3)sc12. The fourth-order valence-electron chi connectivity index (χ4n) is 2.42. The predicted octanol–water partition coefficient (Wildman–Crippen LogP) is 1.66. The van der Waals surface area contributed by atoms with Crippen LogP contribution in [0.15, 0.2) is 18.2 Å². The number of rotatable bonds is 3. The number of anilines is 1. The van der Waals surface area contributed by atoms with Gasteiger partial charge in [-0.1, -0.05) is 17.4 Å². The minimum atomic E-state index is -0.355. The molecule has 0 spiro atoms. The van der Waals surface area contributed by atoms with E-state index in [9.17, 15) is 9.59 Å². The van der Waals surface area contributed by atoms with Gasteiger partial charge in [-0.3, -0.25) is 10.1 Å². The van der Waals surface area contributed by atoms with Gasteiger partial charge in [-0.25, -0.2) is 9.78 Å². The summed E-state index contributed by atoms with van der Waals surface area (Å²) in [5.41, 5.74) is 0.774. The first-order valence-electron chi connectivity index (χ1n) is 6.82. The highest BCUT2D eigenvalue weighted by Gasteiger charge is 2.28. The van der Waals surface area contributed by atoms with E-state index < -0.39 is 0 Å². The Hall–Kier alpha value is -2.35. The summed E-state index contributed by atoms with van der Waals surface area (Å²) in [7, 11) is 3.32. The number of amides is 3. The first kappa shape index (κ1) is 14.6. The molecule has 1 fully saturated rings. The molecule has 0 aliphatic carbocycles. The largest absolute Gasteiger partial charge is 0.495 e. The van der Waals surface area contributed by atoms with E-state index >= 15 is 0 Å². The second-order valence-corrected chi connectivity index (χ2v) is 6.10. The van der Waals surface area contributed by atoms with Gasteiger partial charge in [-0.05, 0) is 12.1 Å². The van der Waals surface area contributed by atoms with Crippen molar-refractivity contribution in [1.82, 2.24) is 15.2 Å². The predicted molar refractivity (Wildman–Crippen MR) is 84.4 cm³/mol. The van der Waals surface area contributed by atoms with E-state index in [0.29, 0.717) is 18.1 Å². The third kappa shape index (κ3) is 2.82. The number of likely N-dealkylation sites (tertiary alicyclic amines) is 1. The second kappa shape index (κ2) is 5.80. The lowest BCUT2D eigenvalue weighted by atomic mass is 10.3. The molecule has 0 radical (unpaired) electrons. The van der Waals surface area contributed by atoms with E-state index in [-0.39, 0.29) is 18.0 Å². The molecular formula is C14H16N4O3S. The fourth-order valence-corrected chi connectivity index (χ4v) is 3.37. The zero-order valence-electron chi connectivity index (χ0n) is 12.3. The maximum Gasteiger partial charge on any atom is 0.321 e. The van der Waals surface area contributed by atoms with Crippen molar-refractivity contribution >= 4 is 38.6 Å². The van der Waals surface area contributed by atoms with Gasteiger partial charge >= 0.3 is 6.03 Å². The molecule has 1 aromatic heterocycles. The minimum Gasteiger partial charge on any atom is -0.495 e. The number of thiazole rings is 1. The minimum absolute atomic E-state index is 0.0371.